The summed E-state index contributed by atoms with van der Waals surface area (Å²) in [5.41, 5.74) is 14.8. The molecule has 0 bridgehead atoms. The molecule has 5 rings (SSSR count). The number of hydrogen-bond donors (Lipinski definition) is 2. The molecular weight excluding hydrogens is 466 g/mol. The predicted octanol–water partition coefficient (Wildman–Crippen LogP) is 4.50. The van der Waals surface area contributed by atoms with Crippen LogP contribution in [-0.2, 0) is 0 Å². The number of nitro groups is 1. The molecule has 2 aliphatic rings. The summed E-state index contributed by atoms with van der Waals surface area (Å²) in [6.07, 6.45) is 4.96. The van der Waals surface area contributed by atoms with Crippen molar-refractivity contribution in [3.63, 3.8) is 0 Å². The minimum Gasteiger partial charge on any atom is -0.490 e. The van der Waals surface area contributed by atoms with Crippen LogP contribution in [0.25, 0.3) is 21.8 Å². The van der Waals surface area contributed by atoms with Crippen LogP contribution in [0.15, 0.2) is 57.8 Å². The van der Waals surface area contributed by atoms with E-state index in [4.69, 9.17) is 26.2 Å². The normalized spacial score (nSPS) is 17.1. The van der Waals surface area contributed by atoms with Gasteiger partial charge in [0, 0.05) is 28.3 Å². The lowest BCUT2D eigenvalue weighted by Crippen LogP contribution is -2.58. The van der Waals surface area contributed by atoms with Gasteiger partial charge in [-0.1, -0.05) is 18.6 Å². The smallest absolute Gasteiger partial charge is 0.311 e. The Morgan fingerprint density at radius 1 is 1.11 bits per heavy atom. The first-order valence-electron chi connectivity index (χ1n) is 11.3. The maximum atomic E-state index is 11.4. The van der Waals surface area contributed by atoms with Crippen LogP contribution in [0.3, 0.4) is 0 Å². The van der Waals surface area contributed by atoms with E-state index >= 15 is 0 Å². The van der Waals surface area contributed by atoms with Crippen molar-refractivity contribution in [2.45, 2.75) is 37.8 Å². The maximum absolute atomic E-state index is 11.4. The topological polar surface area (TPSA) is 145 Å². The van der Waals surface area contributed by atoms with E-state index in [2.05, 4.69) is 4.99 Å². The van der Waals surface area contributed by atoms with Gasteiger partial charge < -0.3 is 16.2 Å². The highest BCUT2D eigenvalue weighted by atomic mass is 32.1. The summed E-state index contributed by atoms with van der Waals surface area (Å²) in [7, 11) is 1.41. The van der Waals surface area contributed by atoms with Gasteiger partial charge in [0.05, 0.1) is 17.7 Å². The fourth-order valence-corrected chi connectivity index (χ4v) is 5.63. The number of aromatic nitrogens is 1. The van der Waals surface area contributed by atoms with Gasteiger partial charge in [0.15, 0.2) is 5.75 Å². The second kappa shape index (κ2) is 8.99. The molecule has 3 aromatic rings. The molecule has 1 aliphatic heterocycles. The summed E-state index contributed by atoms with van der Waals surface area (Å²) in [5, 5.41) is 14.1. The number of nitrogens with two attached hydrogens (primary N) is 2. The van der Waals surface area contributed by atoms with Crippen LogP contribution < -0.4 is 21.1 Å². The van der Waals surface area contributed by atoms with Crippen LogP contribution in [-0.4, -0.2) is 34.6 Å². The Bertz CT molecular complexity index is 1340. The third-order valence-corrected chi connectivity index (χ3v) is 7.27. The molecule has 0 amide bonds. The molecule has 4 N–H and O–H groups in total. The van der Waals surface area contributed by atoms with Gasteiger partial charge in [-0.25, -0.2) is 9.98 Å². The van der Waals surface area contributed by atoms with Crippen molar-refractivity contribution in [1.29, 1.82) is 0 Å². The fourth-order valence-electron chi connectivity index (χ4n) is 4.80. The first kappa shape index (κ1) is 22.8. The molecule has 1 saturated carbocycles. The molecule has 35 heavy (non-hydrogen) atoms. The molecule has 2 aromatic carbocycles. The Labute approximate surface area is 206 Å². The quantitative estimate of drug-likeness (QED) is 0.394. The summed E-state index contributed by atoms with van der Waals surface area (Å²) >= 11 is 1.47. The lowest BCUT2D eigenvalue weighted by Gasteiger charge is -2.45. The van der Waals surface area contributed by atoms with Gasteiger partial charge in [0.25, 0.3) is 0 Å². The number of rotatable bonds is 5. The number of hydrogen-bond acceptors (Lipinski definition) is 10. The summed E-state index contributed by atoms with van der Waals surface area (Å²) in [5.74, 6) is 0.763. The zero-order chi connectivity index (χ0) is 24.6. The number of ether oxygens (including phenoxy) is 1. The highest BCUT2D eigenvalue weighted by Crippen LogP contribution is 2.41. The Morgan fingerprint density at radius 2 is 1.91 bits per heavy atom. The zero-order valence-electron chi connectivity index (χ0n) is 19.2. The van der Waals surface area contributed by atoms with Crippen molar-refractivity contribution in [1.82, 2.24) is 4.98 Å². The molecule has 11 heteroatoms. The van der Waals surface area contributed by atoms with Gasteiger partial charge in [-0.3, -0.25) is 15.0 Å². The van der Waals surface area contributed by atoms with Crippen LogP contribution in [0.2, 0.25) is 0 Å². The van der Waals surface area contributed by atoms with Gasteiger partial charge in [0.2, 0.25) is 11.9 Å². The number of nitro benzene ring substituents is 1. The Hall–Kier alpha value is -3.99. The third-order valence-electron chi connectivity index (χ3n) is 6.38. The second-order valence-electron chi connectivity index (χ2n) is 8.55. The number of nitrogens with zero attached hydrogens (tertiary/aromatic N) is 5. The van der Waals surface area contributed by atoms with Crippen molar-refractivity contribution in [3.8, 4) is 27.6 Å². The molecule has 1 fully saturated rings. The van der Waals surface area contributed by atoms with Crippen molar-refractivity contribution in [2.75, 3.05) is 12.0 Å². The number of aliphatic imine (C=N–C) groups is 2. The lowest BCUT2D eigenvalue weighted by atomic mass is 9.87. The van der Waals surface area contributed by atoms with Crippen LogP contribution in [0.5, 0.6) is 5.75 Å². The Morgan fingerprint density at radius 3 is 2.66 bits per heavy atom. The largest absolute Gasteiger partial charge is 0.490 e. The van der Waals surface area contributed by atoms with Gasteiger partial charge in [-0.05, 0) is 49.9 Å². The van der Waals surface area contributed by atoms with E-state index in [1.54, 1.807) is 12.1 Å². The SMILES string of the molecule is COc1ccc(-c2csc(-c3cccc(N4C(N)=NC(N)=NC45CCCCC5)c3)n2)cc1[N+](=O)[O-]. The fraction of sp³-hybridized carbons (Fsp3) is 0.292. The average molecular weight is 492 g/mol. The Kier molecular flexibility index (Phi) is 5.85. The zero-order valence-corrected chi connectivity index (χ0v) is 20.0. The highest BCUT2D eigenvalue weighted by Gasteiger charge is 2.42. The van der Waals surface area contributed by atoms with E-state index in [-0.39, 0.29) is 17.4 Å². The van der Waals surface area contributed by atoms with E-state index in [1.165, 1.54) is 24.5 Å². The molecule has 0 atom stereocenters. The number of guanidine groups is 2. The predicted molar refractivity (Wildman–Crippen MR) is 138 cm³/mol. The first-order chi connectivity index (χ1) is 16.9. The maximum Gasteiger partial charge on any atom is 0.311 e. The van der Waals surface area contributed by atoms with Crippen molar-refractivity contribution in [2.24, 2.45) is 21.5 Å². The molecule has 180 valence electrons. The van der Waals surface area contributed by atoms with E-state index < -0.39 is 10.6 Å². The molecule has 1 spiro atoms. The second-order valence-corrected chi connectivity index (χ2v) is 9.41. The number of thiazole rings is 1. The number of benzene rings is 2. The molecule has 1 aromatic heterocycles. The molecule has 10 nitrogen and oxygen atoms in total. The van der Waals surface area contributed by atoms with Crippen LogP contribution in [0, 0.1) is 10.1 Å². The lowest BCUT2D eigenvalue weighted by molar-refractivity contribution is -0.385. The van der Waals surface area contributed by atoms with Gasteiger partial charge >= 0.3 is 5.69 Å². The van der Waals surface area contributed by atoms with Crippen molar-refractivity contribution < 1.29 is 9.66 Å². The van der Waals surface area contributed by atoms with E-state index in [1.807, 2.05) is 34.5 Å². The van der Waals surface area contributed by atoms with E-state index in [0.29, 0.717) is 17.2 Å². The average Bonchev–Trinajstić information content (AvgIpc) is 3.34. The van der Waals surface area contributed by atoms with Crippen LogP contribution in [0.1, 0.15) is 32.1 Å². The summed E-state index contributed by atoms with van der Waals surface area (Å²) in [4.78, 5) is 26.7. The van der Waals surface area contributed by atoms with Crippen LogP contribution >= 0.6 is 11.3 Å². The minimum atomic E-state index is -0.525. The van der Waals surface area contributed by atoms with Crippen molar-refractivity contribution >= 4 is 34.6 Å². The van der Waals surface area contributed by atoms with Gasteiger partial charge in [-0.2, -0.15) is 4.99 Å². The first-order valence-corrected chi connectivity index (χ1v) is 12.2. The Balaban J connectivity index is 1.49. The summed E-state index contributed by atoms with van der Waals surface area (Å²) < 4.78 is 5.10. The molecular formula is C24H25N7O3S. The molecule has 0 unspecified atom stereocenters. The van der Waals surface area contributed by atoms with Gasteiger partial charge in [-0.15, -0.1) is 11.3 Å². The van der Waals surface area contributed by atoms with Crippen molar-refractivity contribution in [3.05, 3.63) is 58.0 Å². The highest BCUT2D eigenvalue weighted by molar-refractivity contribution is 7.13. The molecule has 2 heterocycles. The van der Waals surface area contributed by atoms with Crippen LogP contribution in [0.4, 0.5) is 11.4 Å². The standard InChI is InChI=1S/C24H25N7O3S/c1-34-20-9-8-15(13-19(20)31(32)33)18-14-35-21(27-18)16-6-5-7-17(12-16)30-23(26)28-22(25)29-24(30)10-3-2-4-11-24/h5-9,12-14H,2-4,10-11H2,1H3,(H4,25,26,28,29). The number of methoxy groups -OCH3 is 1. The van der Waals surface area contributed by atoms with E-state index in [9.17, 15) is 10.1 Å². The summed E-state index contributed by atoms with van der Waals surface area (Å²) in [6.45, 7) is 0. The summed E-state index contributed by atoms with van der Waals surface area (Å²) in [6, 6.07) is 12.8. The minimum absolute atomic E-state index is 0.0981. The third kappa shape index (κ3) is 4.18. The monoisotopic (exact) mass is 491 g/mol. The molecule has 1 aliphatic carbocycles. The molecule has 0 saturated heterocycles. The number of anilines is 1. The molecule has 0 radical (unpaired) electrons. The van der Waals surface area contributed by atoms with E-state index in [0.717, 1.165) is 48.4 Å². The van der Waals surface area contributed by atoms with Gasteiger partial charge in [0.1, 0.15) is 10.7 Å².